The van der Waals surface area contributed by atoms with Gasteiger partial charge in [-0.3, -0.25) is 9.10 Å². The molecule has 0 bridgehead atoms. The van der Waals surface area contributed by atoms with Crippen LogP contribution in [0.5, 0.6) is 11.5 Å². The van der Waals surface area contributed by atoms with Gasteiger partial charge in [-0.15, -0.1) is 0 Å². The molecule has 1 aliphatic heterocycles. The molecular formula is C26H26Cl2N2O5S. The smallest absolute Gasteiger partial charge is 0.264 e. The van der Waals surface area contributed by atoms with Crippen LogP contribution in [-0.4, -0.2) is 33.6 Å². The zero-order valence-corrected chi connectivity index (χ0v) is 22.3. The molecule has 0 spiro atoms. The number of carbonyl (C=O) groups is 1. The minimum Gasteiger partial charge on any atom is -0.497 e. The van der Waals surface area contributed by atoms with E-state index < -0.39 is 34.1 Å². The molecule has 1 atom stereocenters. The highest BCUT2D eigenvalue weighted by Crippen LogP contribution is 2.41. The summed E-state index contributed by atoms with van der Waals surface area (Å²) in [5.74, 6) is 0.727. The number of nitrogens with one attached hydrogen (secondary N) is 1. The Balaban J connectivity index is 1.67. The largest absolute Gasteiger partial charge is 0.497 e. The molecule has 0 fully saturated rings. The lowest BCUT2D eigenvalue weighted by Crippen LogP contribution is -2.45. The highest BCUT2D eigenvalue weighted by molar-refractivity contribution is 7.92. The molecule has 1 amide bonds. The van der Waals surface area contributed by atoms with Crippen LogP contribution >= 0.6 is 23.2 Å². The lowest BCUT2D eigenvalue weighted by atomic mass is 9.89. The van der Waals surface area contributed by atoms with Crippen molar-refractivity contribution in [2.45, 2.75) is 36.8 Å². The number of halogens is 2. The van der Waals surface area contributed by atoms with Crippen molar-refractivity contribution >= 4 is 44.8 Å². The number of hydrogen-bond acceptors (Lipinski definition) is 5. The van der Waals surface area contributed by atoms with Crippen LogP contribution in [0.3, 0.4) is 0 Å². The van der Waals surface area contributed by atoms with E-state index in [9.17, 15) is 13.2 Å². The van der Waals surface area contributed by atoms with Gasteiger partial charge in [0.1, 0.15) is 23.6 Å². The third-order valence-corrected chi connectivity index (χ3v) is 8.41. The number of sulfonamides is 1. The maximum atomic E-state index is 13.6. The van der Waals surface area contributed by atoms with E-state index in [0.29, 0.717) is 17.9 Å². The van der Waals surface area contributed by atoms with Crippen LogP contribution in [0.15, 0.2) is 71.6 Å². The topological polar surface area (TPSA) is 84.9 Å². The molecule has 1 unspecified atom stereocenters. The third kappa shape index (κ3) is 5.40. The SMILES string of the molecule is COc1ccc2c(c1)OC(C)(C)CC2NC(=O)CN(c1cccc(Cl)c1Cl)S(=O)(=O)c1ccccc1. The molecule has 0 saturated heterocycles. The van der Waals surface area contributed by atoms with E-state index in [4.69, 9.17) is 32.7 Å². The summed E-state index contributed by atoms with van der Waals surface area (Å²) in [4.78, 5) is 13.4. The van der Waals surface area contributed by atoms with Crippen molar-refractivity contribution in [1.29, 1.82) is 0 Å². The number of rotatable bonds is 7. The Hall–Kier alpha value is -2.94. The summed E-state index contributed by atoms with van der Waals surface area (Å²) in [5, 5.41) is 3.20. The van der Waals surface area contributed by atoms with Gasteiger partial charge in [-0.25, -0.2) is 8.42 Å². The number of methoxy groups -OCH3 is 1. The van der Waals surface area contributed by atoms with Crippen LogP contribution in [-0.2, 0) is 14.8 Å². The van der Waals surface area contributed by atoms with Gasteiger partial charge in [-0.1, -0.05) is 47.5 Å². The summed E-state index contributed by atoms with van der Waals surface area (Å²) >= 11 is 12.6. The fourth-order valence-corrected chi connectivity index (χ4v) is 6.06. The Labute approximate surface area is 221 Å². The van der Waals surface area contributed by atoms with Gasteiger partial charge >= 0.3 is 0 Å². The number of hydrogen-bond donors (Lipinski definition) is 1. The monoisotopic (exact) mass is 548 g/mol. The van der Waals surface area contributed by atoms with Crippen LogP contribution in [0.1, 0.15) is 31.9 Å². The second kappa shape index (κ2) is 10.2. The molecule has 36 heavy (non-hydrogen) atoms. The summed E-state index contributed by atoms with van der Waals surface area (Å²) < 4.78 is 39.6. The Bertz CT molecular complexity index is 1380. The summed E-state index contributed by atoms with van der Waals surface area (Å²) in [7, 11) is -2.57. The van der Waals surface area contributed by atoms with Crippen LogP contribution in [0.25, 0.3) is 0 Å². The molecule has 0 aliphatic carbocycles. The average molecular weight is 549 g/mol. The number of amides is 1. The molecular weight excluding hydrogens is 523 g/mol. The molecule has 7 nitrogen and oxygen atoms in total. The second-order valence-electron chi connectivity index (χ2n) is 8.99. The highest BCUT2D eigenvalue weighted by Gasteiger charge is 2.36. The predicted molar refractivity (Wildman–Crippen MR) is 141 cm³/mol. The standard InChI is InChI=1S/C26H26Cl2N2O5S/c1-26(2)15-21(19-13-12-17(34-3)14-23(19)35-26)29-24(31)16-30(22-11-7-10-20(27)25(22)28)36(32,33)18-8-5-4-6-9-18/h4-14,21H,15-16H2,1-3H3,(H,29,31). The van der Waals surface area contributed by atoms with Crippen LogP contribution in [0.2, 0.25) is 10.0 Å². The summed E-state index contributed by atoms with van der Waals surface area (Å²) in [6, 6.07) is 17.5. The molecule has 3 aromatic carbocycles. The van der Waals surface area contributed by atoms with Gasteiger partial charge in [0.05, 0.1) is 33.8 Å². The molecule has 3 aromatic rings. The number of anilines is 1. The van der Waals surface area contributed by atoms with Gasteiger partial charge < -0.3 is 14.8 Å². The predicted octanol–water partition coefficient (Wildman–Crippen LogP) is 5.62. The van der Waals surface area contributed by atoms with Crippen molar-refractivity contribution in [3.63, 3.8) is 0 Å². The number of ether oxygens (including phenoxy) is 2. The molecule has 4 rings (SSSR count). The summed E-state index contributed by atoms with van der Waals surface area (Å²) in [6.45, 7) is 3.35. The van der Waals surface area contributed by atoms with Crippen LogP contribution < -0.4 is 19.1 Å². The molecule has 0 radical (unpaired) electrons. The third-order valence-electron chi connectivity index (χ3n) is 5.83. The van der Waals surface area contributed by atoms with Crippen molar-refractivity contribution in [2.75, 3.05) is 18.0 Å². The summed E-state index contributed by atoms with van der Waals surface area (Å²) in [6.07, 6.45) is 0.488. The fourth-order valence-electron chi connectivity index (χ4n) is 4.16. The van der Waals surface area contributed by atoms with E-state index in [0.717, 1.165) is 9.87 Å². The minimum atomic E-state index is -4.13. The number of benzene rings is 3. The molecule has 1 N–H and O–H groups in total. The van der Waals surface area contributed by atoms with Crippen molar-refractivity contribution in [1.82, 2.24) is 5.32 Å². The van der Waals surface area contributed by atoms with Crippen molar-refractivity contribution in [3.05, 3.63) is 82.3 Å². The first kappa shape index (κ1) is 26.1. The van der Waals surface area contributed by atoms with E-state index in [1.807, 2.05) is 19.9 Å². The number of nitrogens with zero attached hydrogens (tertiary/aromatic N) is 1. The minimum absolute atomic E-state index is 0.0264. The van der Waals surface area contributed by atoms with Crippen LogP contribution in [0.4, 0.5) is 5.69 Å². The maximum absolute atomic E-state index is 13.6. The van der Waals surface area contributed by atoms with Gasteiger partial charge in [0, 0.05) is 18.1 Å². The number of carbonyl (C=O) groups excluding carboxylic acids is 1. The van der Waals surface area contributed by atoms with E-state index in [1.165, 1.54) is 18.2 Å². The lowest BCUT2D eigenvalue weighted by Gasteiger charge is -2.38. The Morgan fingerprint density at radius 3 is 2.53 bits per heavy atom. The molecule has 10 heteroatoms. The molecule has 1 aliphatic rings. The van der Waals surface area contributed by atoms with Gasteiger partial charge in [-0.2, -0.15) is 0 Å². The first-order chi connectivity index (χ1) is 17.0. The molecule has 0 aromatic heterocycles. The van der Waals surface area contributed by atoms with E-state index >= 15 is 0 Å². The quantitative estimate of drug-likeness (QED) is 0.414. The van der Waals surface area contributed by atoms with E-state index in [-0.39, 0.29) is 20.6 Å². The van der Waals surface area contributed by atoms with E-state index in [2.05, 4.69) is 5.32 Å². The molecule has 1 heterocycles. The summed E-state index contributed by atoms with van der Waals surface area (Å²) in [5.41, 5.74) is 0.325. The van der Waals surface area contributed by atoms with E-state index in [1.54, 1.807) is 49.6 Å². The number of fused-ring (bicyclic) bond motifs is 1. The second-order valence-corrected chi connectivity index (χ2v) is 11.6. The first-order valence-corrected chi connectivity index (χ1v) is 13.4. The van der Waals surface area contributed by atoms with Gasteiger partial charge in [0.25, 0.3) is 10.0 Å². The van der Waals surface area contributed by atoms with Gasteiger partial charge in [0.15, 0.2) is 0 Å². The van der Waals surface area contributed by atoms with Gasteiger partial charge in [0.2, 0.25) is 5.91 Å². The average Bonchev–Trinajstić information content (AvgIpc) is 2.84. The zero-order chi connectivity index (χ0) is 26.1. The highest BCUT2D eigenvalue weighted by atomic mass is 35.5. The zero-order valence-electron chi connectivity index (χ0n) is 20.0. The normalized spacial score (nSPS) is 16.4. The Morgan fingerprint density at radius 1 is 1.11 bits per heavy atom. The molecule has 190 valence electrons. The van der Waals surface area contributed by atoms with Crippen LogP contribution in [0, 0.1) is 0 Å². The lowest BCUT2D eigenvalue weighted by molar-refractivity contribution is -0.120. The Kier molecular flexibility index (Phi) is 7.41. The fraction of sp³-hybridized carbons (Fsp3) is 0.269. The first-order valence-electron chi connectivity index (χ1n) is 11.2. The van der Waals surface area contributed by atoms with Crippen molar-refractivity contribution in [2.24, 2.45) is 0 Å². The Morgan fingerprint density at radius 2 is 1.83 bits per heavy atom. The van der Waals surface area contributed by atoms with Crippen molar-refractivity contribution in [3.8, 4) is 11.5 Å². The van der Waals surface area contributed by atoms with Gasteiger partial charge in [-0.05, 0) is 50.2 Å². The van der Waals surface area contributed by atoms with Crippen molar-refractivity contribution < 1.29 is 22.7 Å². The maximum Gasteiger partial charge on any atom is 0.264 e. The molecule has 0 saturated carbocycles.